The van der Waals surface area contributed by atoms with Gasteiger partial charge in [-0.3, -0.25) is 4.79 Å². The number of nitrogens with zero attached hydrogens (tertiary/aromatic N) is 1. The van der Waals surface area contributed by atoms with Crippen LogP contribution in [-0.4, -0.2) is 5.78 Å². The summed E-state index contributed by atoms with van der Waals surface area (Å²) in [5.41, 5.74) is 0.238. The normalized spacial score (nSPS) is 11.7. The number of hydrogen-bond acceptors (Lipinski definition) is 2. The maximum absolute atomic E-state index is 13.7. The van der Waals surface area contributed by atoms with E-state index in [2.05, 4.69) is 0 Å². The van der Waals surface area contributed by atoms with E-state index in [1.165, 1.54) is 30.3 Å². The first-order valence-corrected chi connectivity index (χ1v) is 6.75. The Kier molecular flexibility index (Phi) is 4.45. The second-order valence-corrected chi connectivity index (χ2v) is 5.23. The number of rotatable bonds is 3. The number of ketones is 1. The van der Waals surface area contributed by atoms with Crippen LogP contribution in [0.3, 0.4) is 0 Å². The molecule has 0 N–H and O–H groups in total. The molecule has 0 bridgehead atoms. The van der Waals surface area contributed by atoms with Crippen LogP contribution in [0, 0.1) is 26.5 Å². The minimum absolute atomic E-state index is 0.0279. The van der Waals surface area contributed by atoms with E-state index in [0.717, 1.165) is 6.07 Å². The van der Waals surface area contributed by atoms with Gasteiger partial charge in [0.25, 0.3) is 0 Å². The fourth-order valence-corrected chi connectivity index (χ4v) is 2.57. The predicted octanol–water partition coefficient (Wildman–Crippen LogP) is 4.06. The van der Waals surface area contributed by atoms with Gasteiger partial charge in [0, 0.05) is 14.7 Å². The number of halogens is 3. The summed E-state index contributed by atoms with van der Waals surface area (Å²) >= 11 is 1.81. The molecule has 0 amide bonds. The molecule has 5 heteroatoms. The van der Waals surface area contributed by atoms with Crippen molar-refractivity contribution in [1.82, 2.24) is 0 Å². The first-order valence-electron chi connectivity index (χ1n) is 5.68. The van der Waals surface area contributed by atoms with Crippen molar-refractivity contribution in [3.05, 3.63) is 68.8 Å². The third-order valence-corrected chi connectivity index (χ3v) is 3.70. The standard InChI is InChI=1S/C15H8F2INO/c16-9-5-6-11(14(18)7-9)15(20)12(8-19)10-3-1-2-4-13(10)17/h1-7,12H. The summed E-state index contributed by atoms with van der Waals surface area (Å²) in [6.07, 6.45) is 0. The number of carbonyl (C=O) groups excluding carboxylic acids is 1. The zero-order chi connectivity index (χ0) is 14.7. The van der Waals surface area contributed by atoms with E-state index in [1.54, 1.807) is 6.07 Å². The van der Waals surface area contributed by atoms with Gasteiger partial charge in [-0.25, -0.2) is 8.78 Å². The van der Waals surface area contributed by atoms with Crippen LogP contribution in [0.5, 0.6) is 0 Å². The molecule has 2 aromatic rings. The second-order valence-electron chi connectivity index (χ2n) is 4.07. The van der Waals surface area contributed by atoms with Gasteiger partial charge in [-0.1, -0.05) is 18.2 Å². The van der Waals surface area contributed by atoms with E-state index >= 15 is 0 Å². The van der Waals surface area contributed by atoms with Gasteiger partial charge in [0.1, 0.15) is 17.6 Å². The average Bonchev–Trinajstić information content (AvgIpc) is 2.41. The molecule has 0 aliphatic rings. The maximum atomic E-state index is 13.7. The lowest BCUT2D eigenvalue weighted by Crippen LogP contribution is -2.14. The van der Waals surface area contributed by atoms with Gasteiger partial charge in [-0.2, -0.15) is 5.26 Å². The van der Waals surface area contributed by atoms with Gasteiger partial charge in [-0.15, -0.1) is 0 Å². The van der Waals surface area contributed by atoms with E-state index in [0.29, 0.717) is 3.57 Å². The summed E-state index contributed by atoms with van der Waals surface area (Å²) in [6, 6.07) is 11.1. The van der Waals surface area contributed by atoms with Crippen molar-refractivity contribution in [2.75, 3.05) is 0 Å². The molecule has 20 heavy (non-hydrogen) atoms. The minimum Gasteiger partial charge on any atom is -0.292 e. The third kappa shape index (κ3) is 2.85. The Bertz CT molecular complexity index is 709. The van der Waals surface area contributed by atoms with Crippen LogP contribution in [0.25, 0.3) is 0 Å². The lowest BCUT2D eigenvalue weighted by Gasteiger charge is -2.11. The van der Waals surface area contributed by atoms with Crippen LogP contribution >= 0.6 is 22.6 Å². The highest BCUT2D eigenvalue weighted by atomic mass is 127. The largest absolute Gasteiger partial charge is 0.292 e. The van der Waals surface area contributed by atoms with E-state index in [1.807, 2.05) is 28.7 Å². The van der Waals surface area contributed by atoms with Gasteiger partial charge >= 0.3 is 0 Å². The molecule has 2 aromatic carbocycles. The number of benzene rings is 2. The van der Waals surface area contributed by atoms with E-state index in [9.17, 15) is 13.6 Å². The first kappa shape index (κ1) is 14.6. The Labute approximate surface area is 128 Å². The first-order chi connectivity index (χ1) is 9.54. The molecular weight excluding hydrogens is 375 g/mol. The Morgan fingerprint density at radius 3 is 2.50 bits per heavy atom. The Hall–Kier alpha value is -1.81. The summed E-state index contributed by atoms with van der Waals surface area (Å²) in [7, 11) is 0. The van der Waals surface area contributed by atoms with Crippen molar-refractivity contribution in [2.24, 2.45) is 0 Å². The lowest BCUT2D eigenvalue weighted by atomic mass is 9.91. The summed E-state index contributed by atoms with van der Waals surface area (Å²) in [4.78, 5) is 12.3. The van der Waals surface area contributed by atoms with Crippen LogP contribution in [0.15, 0.2) is 42.5 Å². The Morgan fingerprint density at radius 2 is 1.90 bits per heavy atom. The molecule has 100 valence electrons. The molecule has 1 unspecified atom stereocenters. The molecule has 0 fully saturated rings. The molecular formula is C15H8F2INO. The topological polar surface area (TPSA) is 40.9 Å². The van der Waals surface area contributed by atoms with Crippen molar-refractivity contribution >= 4 is 28.4 Å². The summed E-state index contributed by atoms with van der Waals surface area (Å²) in [6.45, 7) is 0. The third-order valence-electron chi connectivity index (χ3n) is 2.80. The van der Waals surface area contributed by atoms with Crippen molar-refractivity contribution in [2.45, 2.75) is 5.92 Å². The molecule has 2 nitrogen and oxygen atoms in total. The molecule has 0 radical (unpaired) electrons. The fraction of sp³-hybridized carbons (Fsp3) is 0.0667. The number of carbonyl (C=O) groups is 1. The molecule has 0 spiro atoms. The molecule has 0 heterocycles. The van der Waals surface area contributed by atoms with Gasteiger partial charge < -0.3 is 0 Å². The molecule has 0 saturated heterocycles. The Morgan fingerprint density at radius 1 is 1.20 bits per heavy atom. The predicted molar refractivity (Wildman–Crippen MR) is 78.2 cm³/mol. The molecule has 0 aliphatic carbocycles. The van der Waals surface area contributed by atoms with Gasteiger partial charge in [0.05, 0.1) is 6.07 Å². The zero-order valence-electron chi connectivity index (χ0n) is 10.1. The summed E-state index contributed by atoms with van der Waals surface area (Å²) in [5.74, 6) is -2.85. The zero-order valence-corrected chi connectivity index (χ0v) is 12.3. The van der Waals surface area contributed by atoms with Crippen molar-refractivity contribution in [1.29, 1.82) is 5.26 Å². The van der Waals surface area contributed by atoms with Crippen LogP contribution < -0.4 is 0 Å². The van der Waals surface area contributed by atoms with Crippen LogP contribution in [-0.2, 0) is 0 Å². The average molecular weight is 383 g/mol. The highest BCUT2D eigenvalue weighted by Gasteiger charge is 2.25. The van der Waals surface area contributed by atoms with Crippen LogP contribution in [0.2, 0.25) is 0 Å². The molecule has 0 aromatic heterocycles. The molecule has 0 saturated carbocycles. The van der Waals surface area contributed by atoms with E-state index in [-0.39, 0.29) is 11.1 Å². The lowest BCUT2D eigenvalue weighted by molar-refractivity contribution is 0.0976. The monoisotopic (exact) mass is 383 g/mol. The number of hydrogen-bond donors (Lipinski definition) is 0. The van der Waals surface area contributed by atoms with Crippen molar-refractivity contribution < 1.29 is 13.6 Å². The smallest absolute Gasteiger partial charge is 0.185 e. The van der Waals surface area contributed by atoms with Crippen molar-refractivity contribution in [3.8, 4) is 6.07 Å². The number of nitriles is 1. The molecule has 0 aliphatic heterocycles. The summed E-state index contributed by atoms with van der Waals surface area (Å²) in [5, 5.41) is 9.17. The van der Waals surface area contributed by atoms with E-state index in [4.69, 9.17) is 5.26 Å². The highest BCUT2D eigenvalue weighted by Crippen LogP contribution is 2.25. The SMILES string of the molecule is N#CC(C(=O)c1ccc(F)cc1I)c1ccccc1F. The molecule has 1 atom stereocenters. The van der Waals surface area contributed by atoms with Gasteiger partial charge in [0.15, 0.2) is 5.78 Å². The van der Waals surface area contributed by atoms with Crippen LogP contribution in [0.1, 0.15) is 21.8 Å². The highest BCUT2D eigenvalue weighted by molar-refractivity contribution is 14.1. The minimum atomic E-state index is -1.24. The van der Waals surface area contributed by atoms with Gasteiger partial charge in [-0.05, 0) is 46.9 Å². The van der Waals surface area contributed by atoms with Crippen molar-refractivity contribution in [3.63, 3.8) is 0 Å². The maximum Gasteiger partial charge on any atom is 0.185 e. The molecule has 2 rings (SSSR count). The van der Waals surface area contributed by atoms with E-state index < -0.39 is 23.3 Å². The van der Waals surface area contributed by atoms with Gasteiger partial charge in [0.2, 0.25) is 0 Å². The second kappa shape index (κ2) is 6.09. The number of Topliss-reactive ketones (excluding diaryl/α,β-unsaturated/α-hetero) is 1. The summed E-state index contributed by atoms with van der Waals surface area (Å²) < 4.78 is 27.1. The Balaban J connectivity index is 2.45. The quantitative estimate of drug-likeness (QED) is 0.593. The fourth-order valence-electron chi connectivity index (χ4n) is 1.82. The van der Waals surface area contributed by atoms with Crippen LogP contribution in [0.4, 0.5) is 8.78 Å².